The van der Waals surface area contributed by atoms with Gasteiger partial charge in [-0.15, -0.1) is 0 Å². The topological polar surface area (TPSA) is 111 Å². The lowest BCUT2D eigenvalue weighted by Gasteiger charge is -2.25. The number of imide groups is 1. The van der Waals surface area contributed by atoms with Crippen LogP contribution in [0.5, 0.6) is 5.75 Å². The van der Waals surface area contributed by atoms with Crippen LogP contribution in [0.2, 0.25) is 0 Å². The van der Waals surface area contributed by atoms with Gasteiger partial charge in [0, 0.05) is 25.7 Å². The van der Waals surface area contributed by atoms with Crippen molar-refractivity contribution >= 4 is 17.8 Å². The molecule has 4 rings (SSSR count). The maximum atomic E-state index is 12.6. The highest BCUT2D eigenvalue weighted by Crippen LogP contribution is 2.44. The summed E-state index contributed by atoms with van der Waals surface area (Å²) in [5.74, 6) is -0.866. The minimum absolute atomic E-state index is 0.0933. The number of carbonyl (C=O) groups is 3. The molecule has 3 heterocycles. The van der Waals surface area contributed by atoms with E-state index in [4.69, 9.17) is 4.74 Å². The van der Waals surface area contributed by atoms with Crippen molar-refractivity contribution in [2.24, 2.45) is 11.8 Å². The van der Waals surface area contributed by atoms with E-state index in [9.17, 15) is 19.5 Å². The first kappa shape index (κ1) is 22.3. The standard InChI is InChI=1S/C23H30N4O5/c1-26(2)15(12-14-4-6-16(28)7-5-14)13-25-23(31)24-10-3-11-27-21(29)19-17-8-9-18(32-17)20(19)22(27)30/h4-9,15,17-20,28H,3,10-13H2,1-2H3,(H2,24,25,31). The number of likely N-dealkylation sites (N-methyl/N-ethyl adjacent to an activating group) is 1. The van der Waals surface area contributed by atoms with Crippen LogP contribution in [-0.2, 0) is 20.7 Å². The largest absolute Gasteiger partial charge is 0.508 e. The van der Waals surface area contributed by atoms with E-state index in [0.29, 0.717) is 26.1 Å². The highest BCUT2D eigenvalue weighted by atomic mass is 16.5. The fraction of sp³-hybridized carbons (Fsp3) is 0.522. The smallest absolute Gasteiger partial charge is 0.314 e. The number of aromatic hydroxyl groups is 1. The van der Waals surface area contributed by atoms with Gasteiger partial charge < -0.3 is 25.4 Å². The number of likely N-dealkylation sites (tertiary alicyclic amines) is 1. The molecule has 3 aliphatic rings. The minimum Gasteiger partial charge on any atom is -0.508 e. The minimum atomic E-state index is -0.384. The quantitative estimate of drug-likeness (QED) is 0.292. The zero-order chi connectivity index (χ0) is 22.8. The number of carbonyl (C=O) groups excluding carboxylic acids is 3. The first-order valence-corrected chi connectivity index (χ1v) is 11.0. The summed E-state index contributed by atoms with van der Waals surface area (Å²) in [6.45, 7) is 1.12. The maximum Gasteiger partial charge on any atom is 0.314 e. The number of nitrogens with zero attached hydrogens (tertiary/aromatic N) is 2. The highest BCUT2D eigenvalue weighted by Gasteiger charge is 2.60. The van der Waals surface area contributed by atoms with Crippen molar-refractivity contribution in [3.63, 3.8) is 0 Å². The molecule has 0 saturated carbocycles. The Hall–Kier alpha value is -2.91. The molecule has 0 aliphatic carbocycles. The Kier molecular flexibility index (Phi) is 6.48. The van der Waals surface area contributed by atoms with Gasteiger partial charge in [-0.1, -0.05) is 24.3 Å². The number of ether oxygens (including phenoxy) is 1. The Morgan fingerprint density at radius 1 is 1.09 bits per heavy atom. The maximum absolute atomic E-state index is 12.6. The van der Waals surface area contributed by atoms with Gasteiger partial charge in [0.1, 0.15) is 5.75 Å². The molecule has 172 valence electrons. The molecule has 4 amide bonds. The highest BCUT2D eigenvalue weighted by molar-refractivity contribution is 6.06. The molecule has 0 radical (unpaired) electrons. The van der Waals surface area contributed by atoms with E-state index in [1.807, 2.05) is 43.3 Å². The van der Waals surface area contributed by atoms with Crippen LogP contribution in [0, 0.1) is 11.8 Å². The molecular weight excluding hydrogens is 412 g/mol. The number of phenolic OH excluding ortho intramolecular Hbond substituents is 1. The number of rotatable bonds is 9. The lowest BCUT2D eigenvalue weighted by atomic mass is 9.85. The summed E-state index contributed by atoms with van der Waals surface area (Å²) in [7, 11) is 3.91. The Balaban J connectivity index is 1.17. The number of hydrogen-bond donors (Lipinski definition) is 3. The van der Waals surface area contributed by atoms with Gasteiger partial charge in [0.15, 0.2) is 0 Å². The third-order valence-corrected chi connectivity index (χ3v) is 6.48. The van der Waals surface area contributed by atoms with Gasteiger partial charge in [0.2, 0.25) is 11.8 Å². The van der Waals surface area contributed by atoms with E-state index < -0.39 is 0 Å². The number of nitrogens with one attached hydrogen (secondary N) is 2. The summed E-state index contributed by atoms with van der Waals surface area (Å²) in [6, 6.07) is 6.85. The van der Waals surface area contributed by atoms with Crippen molar-refractivity contribution in [2.75, 3.05) is 33.7 Å². The molecule has 5 unspecified atom stereocenters. The van der Waals surface area contributed by atoms with Crippen molar-refractivity contribution in [3.8, 4) is 5.75 Å². The zero-order valence-corrected chi connectivity index (χ0v) is 18.4. The summed E-state index contributed by atoms with van der Waals surface area (Å²) < 4.78 is 5.63. The van der Waals surface area contributed by atoms with Gasteiger partial charge in [0.25, 0.3) is 0 Å². The first-order chi connectivity index (χ1) is 15.3. The summed E-state index contributed by atoms with van der Waals surface area (Å²) in [5.41, 5.74) is 1.07. The summed E-state index contributed by atoms with van der Waals surface area (Å²) in [5, 5.41) is 15.1. The Morgan fingerprint density at radius 2 is 1.72 bits per heavy atom. The van der Waals surface area contributed by atoms with E-state index in [0.717, 1.165) is 12.0 Å². The molecule has 9 nitrogen and oxygen atoms in total. The van der Waals surface area contributed by atoms with Crippen LogP contribution in [0.25, 0.3) is 0 Å². The number of hydrogen-bond acceptors (Lipinski definition) is 6. The Bertz CT molecular complexity index is 870. The summed E-state index contributed by atoms with van der Waals surface area (Å²) in [4.78, 5) is 40.8. The van der Waals surface area contributed by atoms with Crippen LogP contribution < -0.4 is 10.6 Å². The molecule has 2 fully saturated rings. The average Bonchev–Trinajstić information content (AvgIpc) is 3.44. The number of urea groups is 1. The van der Waals surface area contributed by atoms with Crippen LogP contribution in [0.15, 0.2) is 36.4 Å². The molecule has 0 aromatic heterocycles. The van der Waals surface area contributed by atoms with Gasteiger partial charge in [-0.25, -0.2) is 4.79 Å². The van der Waals surface area contributed by atoms with E-state index in [1.54, 1.807) is 12.1 Å². The second-order valence-electron chi connectivity index (χ2n) is 8.81. The molecule has 2 bridgehead atoms. The predicted molar refractivity (Wildman–Crippen MR) is 117 cm³/mol. The summed E-state index contributed by atoms with van der Waals surface area (Å²) in [6.07, 6.45) is 4.42. The average molecular weight is 443 g/mol. The molecule has 0 spiro atoms. The van der Waals surface area contributed by atoms with Crippen molar-refractivity contribution in [3.05, 3.63) is 42.0 Å². The van der Waals surface area contributed by atoms with Gasteiger partial charge in [0.05, 0.1) is 24.0 Å². The number of phenols is 1. The van der Waals surface area contributed by atoms with Crippen molar-refractivity contribution in [1.29, 1.82) is 0 Å². The van der Waals surface area contributed by atoms with E-state index in [2.05, 4.69) is 10.6 Å². The van der Waals surface area contributed by atoms with E-state index >= 15 is 0 Å². The number of fused-ring (bicyclic) bond motifs is 5. The molecule has 32 heavy (non-hydrogen) atoms. The monoisotopic (exact) mass is 442 g/mol. The normalized spacial score (nSPS) is 26.7. The van der Waals surface area contributed by atoms with Gasteiger partial charge in [-0.3, -0.25) is 14.5 Å². The number of amides is 4. The molecule has 3 aliphatic heterocycles. The van der Waals surface area contributed by atoms with Crippen LogP contribution in [0.4, 0.5) is 4.79 Å². The molecule has 5 atom stereocenters. The van der Waals surface area contributed by atoms with Crippen LogP contribution in [0.3, 0.4) is 0 Å². The molecule has 3 N–H and O–H groups in total. The fourth-order valence-corrected chi connectivity index (χ4v) is 4.64. The van der Waals surface area contributed by atoms with E-state index in [-0.39, 0.29) is 53.7 Å². The second kappa shape index (κ2) is 9.30. The third kappa shape index (κ3) is 4.49. The molecule has 9 heteroatoms. The SMILES string of the molecule is CN(C)C(CNC(=O)NCCCN1C(=O)C2C3C=CC(O3)C2C1=O)Cc1ccc(O)cc1. The lowest BCUT2D eigenvalue weighted by molar-refractivity contribution is -0.142. The summed E-state index contributed by atoms with van der Waals surface area (Å²) >= 11 is 0. The Morgan fingerprint density at radius 3 is 2.31 bits per heavy atom. The molecular formula is C23H30N4O5. The fourth-order valence-electron chi connectivity index (χ4n) is 4.64. The molecule has 1 aromatic rings. The Labute approximate surface area is 187 Å². The molecule has 2 saturated heterocycles. The lowest BCUT2D eigenvalue weighted by Crippen LogP contribution is -2.45. The van der Waals surface area contributed by atoms with Crippen molar-refractivity contribution < 1.29 is 24.2 Å². The van der Waals surface area contributed by atoms with Gasteiger partial charge in [-0.2, -0.15) is 0 Å². The zero-order valence-electron chi connectivity index (χ0n) is 18.4. The predicted octanol–water partition coefficient (Wildman–Crippen LogP) is 0.493. The third-order valence-electron chi connectivity index (χ3n) is 6.48. The van der Waals surface area contributed by atoms with Crippen LogP contribution >= 0.6 is 0 Å². The van der Waals surface area contributed by atoms with Crippen molar-refractivity contribution in [1.82, 2.24) is 20.4 Å². The van der Waals surface area contributed by atoms with Gasteiger partial charge in [-0.05, 0) is 44.6 Å². The van der Waals surface area contributed by atoms with Gasteiger partial charge >= 0.3 is 6.03 Å². The van der Waals surface area contributed by atoms with Crippen LogP contribution in [-0.4, -0.2) is 84.7 Å². The first-order valence-electron chi connectivity index (χ1n) is 11.0. The van der Waals surface area contributed by atoms with Crippen molar-refractivity contribution in [2.45, 2.75) is 31.1 Å². The van der Waals surface area contributed by atoms with E-state index in [1.165, 1.54) is 4.90 Å². The number of benzene rings is 1. The molecule has 1 aromatic carbocycles. The second-order valence-corrected chi connectivity index (χ2v) is 8.81. The van der Waals surface area contributed by atoms with Crippen LogP contribution in [0.1, 0.15) is 12.0 Å².